The predicted octanol–water partition coefficient (Wildman–Crippen LogP) is 1.16. The highest BCUT2D eigenvalue weighted by atomic mass is 32.2. The van der Waals surface area contributed by atoms with Crippen LogP contribution in [0.15, 0.2) is 10.3 Å². The second kappa shape index (κ2) is 5.20. The molecule has 1 aliphatic rings. The number of nitrogens with zero attached hydrogens (tertiary/aromatic N) is 1. The van der Waals surface area contributed by atoms with Crippen LogP contribution in [0.4, 0.5) is 0 Å². The molecule has 0 radical (unpaired) electrons. The van der Waals surface area contributed by atoms with Gasteiger partial charge in [0.1, 0.15) is 9.09 Å². The summed E-state index contributed by atoms with van der Waals surface area (Å²) in [6.45, 7) is 4.38. The zero-order valence-corrected chi connectivity index (χ0v) is 12.3. The van der Waals surface area contributed by atoms with E-state index in [4.69, 9.17) is 9.84 Å². The number of carbonyl (C=O) groups is 1. The molecular formula is C11H15NO5S2. The van der Waals surface area contributed by atoms with Crippen LogP contribution in [0.25, 0.3) is 0 Å². The Kier molecular flexibility index (Phi) is 3.95. The van der Waals surface area contributed by atoms with Gasteiger partial charge in [0, 0.05) is 12.6 Å². The lowest BCUT2D eigenvalue weighted by Gasteiger charge is -2.31. The van der Waals surface area contributed by atoms with Crippen molar-refractivity contribution in [2.24, 2.45) is 0 Å². The summed E-state index contributed by atoms with van der Waals surface area (Å²) in [6.07, 6.45) is 0. The van der Waals surface area contributed by atoms with Crippen LogP contribution in [-0.4, -0.2) is 49.6 Å². The van der Waals surface area contributed by atoms with E-state index < -0.39 is 16.0 Å². The van der Waals surface area contributed by atoms with Crippen molar-refractivity contribution < 1.29 is 23.1 Å². The van der Waals surface area contributed by atoms with Gasteiger partial charge in [-0.25, -0.2) is 13.2 Å². The summed E-state index contributed by atoms with van der Waals surface area (Å²) in [5.41, 5.74) is 0.469. The molecule has 0 aromatic carbocycles. The summed E-state index contributed by atoms with van der Waals surface area (Å²) >= 11 is 0.800. The maximum Gasteiger partial charge on any atom is 0.346 e. The number of rotatable bonds is 3. The third-order valence-corrected chi connectivity index (χ3v) is 6.65. The molecule has 8 heteroatoms. The highest BCUT2D eigenvalue weighted by Crippen LogP contribution is 2.30. The zero-order chi connectivity index (χ0) is 14.2. The molecule has 0 aliphatic carbocycles. The van der Waals surface area contributed by atoms with E-state index in [0.717, 1.165) is 11.3 Å². The maximum absolute atomic E-state index is 12.5. The Morgan fingerprint density at radius 3 is 2.79 bits per heavy atom. The van der Waals surface area contributed by atoms with Gasteiger partial charge in [0.05, 0.1) is 13.2 Å². The normalized spacial score (nSPS) is 21.5. The fraction of sp³-hybridized carbons (Fsp3) is 0.545. The minimum atomic E-state index is -3.64. The number of carboxylic acid groups (broad SMARTS) is 1. The Labute approximate surface area is 115 Å². The number of hydrogen-bond acceptors (Lipinski definition) is 5. The minimum Gasteiger partial charge on any atom is -0.477 e. The highest BCUT2D eigenvalue weighted by Gasteiger charge is 2.33. The van der Waals surface area contributed by atoms with Crippen molar-refractivity contribution >= 4 is 27.3 Å². The van der Waals surface area contributed by atoms with E-state index in [2.05, 4.69) is 0 Å². The van der Waals surface area contributed by atoms with Gasteiger partial charge in [-0.15, -0.1) is 11.3 Å². The highest BCUT2D eigenvalue weighted by molar-refractivity contribution is 7.91. The van der Waals surface area contributed by atoms with Crippen molar-refractivity contribution in [3.8, 4) is 0 Å². The molecule has 6 nitrogen and oxygen atoms in total. The Morgan fingerprint density at radius 2 is 2.26 bits per heavy atom. The molecule has 1 saturated heterocycles. The number of aryl methyl sites for hydroxylation is 1. The van der Waals surface area contributed by atoms with Crippen LogP contribution in [0, 0.1) is 6.92 Å². The second-order valence-electron chi connectivity index (χ2n) is 4.42. The van der Waals surface area contributed by atoms with Crippen molar-refractivity contribution in [1.29, 1.82) is 0 Å². The average Bonchev–Trinajstić information content (AvgIpc) is 2.72. The van der Waals surface area contributed by atoms with Gasteiger partial charge >= 0.3 is 5.97 Å². The molecule has 1 aliphatic heterocycles. The van der Waals surface area contributed by atoms with E-state index in [1.165, 1.54) is 10.4 Å². The number of aromatic carboxylic acids is 1. The van der Waals surface area contributed by atoms with Crippen molar-refractivity contribution in [3.05, 3.63) is 16.5 Å². The largest absolute Gasteiger partial charge is 0.477 e. The van der Waals surface area contributed by atoms with Crippen molar-refractivity contribution in [2.75, 3.05) is 19.8 Å². The maximum atomic E-state index is 12.5. The smallest absolute Gasteiger partial charge is 0.346 e. The third-order valence-electron chi connectivity index (χ3n) is 2.96. The summed E-state index contributed by atoms with van der Waals surface area (Å²) in [6, 6.07) is 1.18. The molecule has 1 fully saturated rings. The van der Waals surface area contributed by atoms with E-state index in [1.807, 2.05) is 0 Å². The minimum absolute atomic E-state index is 0.0690. The van der Waals surface area contributed by atoms with Gasteiger partial charge in [-0.1, -0.05) is 0 Å². The first-order chi connectivity index (χ1) is 8.84. The lowest BCUT2D eigenvalue weighted by atomic mass is 10.3. The molecule has 1 atom stereocenters. The summed E-state index contributed by atoms with van der Waals surface area (Å²) in [5.74, 6) is -1.10. The number of morpholine rings is 1. The topological polar surface area (TPSA) is 83.9 Å². The quantitative estimate of drug-likeness (QED) is 0.906. The molecule has 2 heterocycles. The van der Waals surface area contributed by atoms with Crippen LogP contribution in [0.5, 0.6) is 0 Å². The predicted molar refractivity (Wildman–Crippen MR) is 70.2 cm³/mol. The molecule has 0 spiro atoms. The summed E-state index contributed by atoms with van der Waals surface area (Å²) in [5, 5.41) is 8.99. The van der Waals surface area contributed by atoms with Crippen LogP contribution >= 0.6 is 11.3 Å². The van der Waals surface area contributed by atoms with Gasteiger partial charge in [-0.05, 0) is 25.5 Å². The van der Waals surface area contributed by atoms with Gasteiger partial charge in [0.25, 0.3) is 10.0 Å². The van der Waals surface area contributed by atoms with Crippen LogP contribution < -0.4 is 0 Å². The Bertz CT molecular complexity index is 592. The molecular weight excluding hydrogens is 290 g/mol. The first kappa shape index (κ1) is 14.4. The van der Waals surface area contributed by atoms with Crippen LogP contribution in [0.3, 0.4) is 0 Å². The van der Waals surface area contributed by atoms with Crippen LogP contribution in [0.1, 0.15) is 22.2 Å². The van der Waals surface area contributed by atoms with Gasteiger partial charge in [0.15, 0.2) is 0 Å². The van der Waals surface area contributed by atoms with E-state index in [9.17, 15) is 13.2 Å². The van der Waals surface area contributed by atoms with Crippen molar-refractivity contribution in [3.63, 3.8) is 0 Å². The molecule has 1 aromatic heterocycles. The second-order valence-corrected chi connectivity index (χ2v) is 7.59. The average molecular weight is 305 g/mol. The third kappa shape index (κ3) is 2.66. The molecule has 1 aromatic rings. The summed E-state index contributed by atoms with van der Waals surface area (Å²) < 4.78 is 31.6. The molecule has 106 valence electrons. The lowest BCUT2D eigenvalue weighted by molar-refractivity contribution is 0.0393. The fourth-order valence-electron chi connectivity index (χ4n) is 1.98. The monoisotopic (exact) mass is 305 g/mol. The Morgan fingerprint density at radius 1 is 1.58 bits per heavy atom. The van der Waals surface area contributed by atoms with E-state index in [-0.39, 0.29) is 15.1 Å². The Balaban J connectivity index is 2.39. The van der Waals surface area contributed by atoms with Gasteiger partial charge < -0.3 is 9.84 Å². The van der Waals surface area contributed by atoms with Gasteiger partial charge in [-0.3, -0.25) is 0 Å². The number of thiophene rings is 1. The summed E-state index contributed by atoms with van der Waals surface area (Å²) in [4.78, 5) is 11.1. The number of sulfonamides is 1. The zero-order valence-electron chi connectivity index (χ0n) is 10.6. The number of carboxylic acids is 1. The van der Waals surface area contributed by atoms with Gasteiger partial charge in [-0.2, -0.15) is 4.31 Å². The Hall–Kier alpha value is -0.960. The van der Waals surface area contributed by atoms with E-state index >= 15 is 0 Å². The van der Waals surface area contributed by atoms with E-state index in [0.29, 0.717) is 25.3 Å². The fourth-order valence-corrected chi connectivity index (χ4v) is 5.09. The van der Waals surface area contributed by atoms with Crippen molar-refractivity contribution in [2.45, 2.75) is 24.1 Å². The molecule has 0 amide bonds. The molecule has 1 unspecified atom stereocenters. The van der Waals surface area contributed by atoms with Gasteiger partial charge in [0.2, 0.25) is 0 Å². The molecule has 0 bridgehead atoms. The molecule has 2 rings (SSSR count). The number of ether oxygens (including phenoxy) is 1. The standard InChI is InChI=1S/C11H15NO5S2/c1-7-5-9(18-10(7)11(13)14)19(15,16)12-3-4-17-6-8(12)2/h5,8H,3-4,6H2,1-2H3,(H,13,14). The molecule has 0 saturated carbocycles. The van der Waals surface area contributed by atoms with Crippen molar-refractivity contribution in [1.82, 2.24) is 4.31 Å². The molecule has 1 N–H and O–H groups in total. The van der Waals surface area contributed by atoms with Crippen LogP contribution in [-0.2, 0) is 14.8 Å². The SMILES string of the molecule is Cc1cc(S(=O)(=O)N2CCOCC2C)sc1C(=O)O. The summed E-state index contributed by atoms with van der Waals surface area (Å²) in [7, 11) is -3.64. The number of hydrogen-bond donors (Lipinski definition) is 1. The first-order valence-electron chi connectivity index (χ1n) is 5.77. The first-order valence-corrected chi connectivity index (χ1v) is 8.03. The lowest BCUT2D eigenvalue weighted by Crippen LogP contribution is -2.46. The van der Waals surface area contributed by atoms with Crippen LogP contribution in [0.2, 0.25) is 0 Å². The van der Waals surface area contributed by atoms with E-state index in [1.54, 1.807) is 13.8 Å². The molecule has 19 heavy (non-hydrogen) atoms.